The van der Waals surface area contributed by atoms with Crippen molar-refractivity contribution in [3.63, 3.8) is 0 Å². The van der Waals surface area contributed by atoms with Crippen molar-refractivity contribution in [1.29, 1.82) is 0 Å². The molecule has 1 N–H and O–H groups in total. The molecule has 1 aromatic carbocycles. The second kappa shape index (κ2) is 9.48. The topological polar surface area (TPSA) is 58.1 Å². The van der Waals surface area contributed by atoms with Crippen LogP contribution in [0.1, 0.15) is 32.3 Å². The Bertz CT molecular complexity index is 697. The summed E-state index contributed by atoms with van der Waals surface area (Å²) in [7, 11) is 0. The van der Waals surface area contributed by atoms with Crippen molar-refractivity contribution in [2.45, 2.75) is 37.6 Å². The van der Waals surface area contributed by atoms with Crippen molar-refractivity contribution in [2.75, 3.05) is 24.2 Å². The second-order valence-electron chi connectivity index (χ2n) is 7.10. The number of anilines is 1. The maximum Gasteiger partial charge on any atom is 0.229 e. The first kappa shape index (κ1) is 19.3. The fraction of sp³-hybridized carbons (Fsp3) is 0.526. The molecule has 1 aromatic heterocycles. The lowest BCUT2D eigenvalue weighted by Gasteiger charge is -2.31. The van der Waals surface area contributed by atoms with Crippen LogP contribution in [-0.2, 0) is 11.3 Å². The molecule has 3 rings (SSSR count). The minimum atomic E-state index is 0.0673. The van der Waals surface area contributed by atoms with E-state index < -0.39 is 0 Å². The third-order valence-electron chi connectivity index (χ3n) is 4.38. The van der Waals surface area contributed by atoms with Crippen molar-refractivity contribution < 1.29 is 4.79 Å². The number of piperidine rings is 1. The lowest BCUT2D eigenvalue weighted by Crippen LogP contribution is -2.37. The first-order valence-electron chi connectivity index (χ1n) is 9.13. The van der Waals surface area contributed by atoms with Crippen molar-refractivity contribution in [2.24, 2.45) is 11.8 Å². The number of rotatable bonds is 7. The van der Waals surface area contributed by atoms with Gasteiger partial charge in [-0.2, -0.15) is 0 Å². The molecule has 26 heavy (non-hydrogen) atoms. The maximum absolute atomic E-state index is 12.5. The van der Waals surface area contributed by atoms with E-state index in [4.69, 9.17) is 0 Å². The van der Waals surface area contributed by atoms with E-state index in [1.807, 2.05) is 6.07 Å². The van der Waals surface area contributed by atoms with Gasteiger partial charge < -0.3 is 5.32 Å². The molecule has 1 aliphatic rings. The van der Waals surface area contributed by atoms with Gasteiger partial charge in [0.25, 0.3) is 0 Å². The molecule has 2 aromatic rings. The van der Waals surface area contributed by atoms with Crippen LogP contribution in [0, 0.1) is 11.8 Å². The minimum Gasteiger partial charge on any atom is -0.300 e. The molecule has 7 heteroatoms. The monoisotopic (exact) mass is 390 g/mol. The quantitative estimate of drug-likeness (QED) is 0.569. The number of likely N-dealkylation sites (tertiary alicyclic amines) is 1. The number of aromatic nitrogens is 2. The summed E-state index contributed by atoms with van der Waals surface area (Å²) in [6, 6.07) is 10.5. The molecule has 140 valence electrons. The van der Waals surface area contributed by atoms with Crippen LogP contribution in [0.25, 0.3) is 0 Å². The molecule has 1 amide bonds. The number of nitrogens with one attached hydrogen (secondary N) is 1. The highest BCUT2D eigenvalue weighted by Crippen LogP contribution is 2.28. The molecule has 0 saturated carbocycles. The first-order chi connectivity index (χ1) is 12.6. The lowest BCUT2D eigenvalue weighted by atomic mass is 9.95. The van der Waals surface area contributed by atoms with Gasteiger partial charge in [0.1, 0.15) is 0 Å². The Hall–Kier alpha value is -1.44. The van der Waals surface area contributed by atoms with Gasteiger partial charge in [-0.3, -0.25) is 9.69 Å². The highest BCUT2D eigenvalue weighted by molar-refractivity contribution is 8.01. The molecule has 0 radical (unpaired) electrons. The minimum absolute atomic E-state index is 0.0673. The molecule has 2 heterocycles. The zero-order valence-corrected chi connectivity index (χ0v) is 17.0. The van der Waals surface area contributed by atoms with Gasteiger partial charge in [-0.25, -0.2) is 0 Å². The molecule has 0 bridgehead atoms. The molecular weight excluding hydrogens is 364 g/mol. The van der Waals surface area contributed by atoms with Crippen molar-refractivity contribution in [3.8, 4) is 0 Å². The van der Waals surface area contributed by atoms with Crippen LogP contribution in [-0.4, -0.2) is 39.8 Å². The third-order valence-corrected chi connectivity index (χ3v) is 6.78. The molecule has 1 aliphatic heterocycles. The van der Waals surface area contributed by atoms with E-state index >= 15 is 0 Å². The van der Waals surface area contributed by atoms with Crippen LogP contribution in [0.15, 0.2) is 34.7 Å². The lowest BCUT2D eigenvalue weighted by molar-refractivity contribution is -0.121. The van der Waals surface area contributed by atoms with E-state index in [1.54, 1.807) is 11.8 Å². The van der Waals surface area contributed by atoms with E-state index in [2.05, 4.69) is 58.5 Å². The van der Waals surface area contributed by atoms with Gasteiger partial charge in [-0.05, 0) is 37.4 Å². The van der Waals surface area contributed by atoms with Crippen LogP contribution in [0.2, 0.25) is 0 Å². The predicted octanol–water partition coefficient (Wildman–Crippen LogP) is 4.14. The van der Waals surface area contributed by atoms with Gasteiger partial charge in [-0.1, -0.05) is 67.3 Å². The van der Waals surface area contributed by atoms with Gasteiger partial charge in [0.2, 0.25) is 11.0 Å². The second-order valence-corrected chi connectivity index (χ2v) is 9.35. The predicted molar refractivity (Wildman–Crippen MR) is 109 cm³/mol. The van der Waals surface area contributed by atoms with Crippen molar-refractivity contribution >= 4 is 34.1 Å². The number of benzene rings is 1. The van der Waals surface area contributed by atoms with Crippen LogP contribution >= 0.6 is 23.1 Å². The summed E-state index contributed by atoms with van der Waals surface area (Å²) < 4.78 is 0.923. The Balaban J connectivity index is 1.43. The average Bonchev–Trinajstić information content (AvgIpc) is 3.09. The Morgan fingerprint density at radius 2 is 2.00 bits per heavy atom. The number of amides is 1. The van der Waals surface area contributed by atoms with Crippen molar-refractivity contribution in [3.05, 3.63) is 35.9 Å². The molecule has 0 spiro atoms. The fourth-order valence-corrected chi connectivity index (χ4v) is 4.69. The van der Waals surface area contributed by atoms with Gasteiger partial charge in [0.05, 0.1) is 0 Å². The van der Waals surface area contributed by atoms with Gasteiger partial charge in [0, 0.05) is 18.2 Å². The number of hydrogen-bond donors (Lipinski definition) is 1. The molecule has 0 atom stereocenters. The number of thioether (sulfide) groups is 1. The van der Waals surface area contributed by atoms with E-state index in [-0.39, 0.29) is 11.8 Å². The number of carbonyl (C=O) groups excluding carboxylic acids is 1. The first-order valence-corrected chi connectivity index (χ1v) is 10.9. The Labute approximate surface area is 163 Å². The van der Waals surface area contributed by atoms with E-state index in [0.717, 1.165) is 42.6 Å². The number of carbonyl (C=O) groups is 1. The van der Waals surface area contributed by atoms with E-state index in [1.165, 1.54) is 16.9 Å². The normalized spacial score (nSPS) is 16.1. The summed E-state index contributed by atoms with van der Waals surface area (Å²) in [5.74, 6) is 1.78. The third kappa shape index (κ3) is 5.79. The van der Waals surface area contributed by atoms with Crippen molar-refractivity contribution in [1.82, 2.24) is 15.1 Å². The summed E-state index contributed by atoms with van der Waals surface area (Å²) in [5.41, 5.74) is 1.33. The molecule has 5 nitrogen and oxygen atoms in total. The van der Waals surface area contributed by atoms with Gasteiger partial charge in [-0.15, -0.1) is 10.2 Å². The highest BCUT2D eigenvalue weighted by atomic mass is 32.2. The number of nitrogens with zero attached hydrogens (tertiary/aromatic N) is 3. The van der Waals surface area contributed by atoms with Gasteiger partial charge in [0.15, 0.2) is 4.34 Å². The summed E-state index contributed by atoms with van der Waals surface area (Å²) >= 11 is 3.17. The SMILES string of the molecule is CC(C)CSc1nnc(NC(=O)C2CCN(Cc3ccccc3)CC2)s1. The van der Waals surface area contributed by atoms with E-state index in [0.29, 0.717) is 11.0 Å². The van der Waals surface area contributed by atoms with Gasteiger partial charge >= 0.3 is 0 Å². The van der Waals surface area contributed by atoms with Crippen LogP contribution < -0.4 is 5.32 Å². The largest absolute Gasteiger partial charge is 0.300 e. The van der Waals surface area contributed by atoms with Crippen LogP contribution in [0.3, 0.4) is 0 Å². The molecule has 0 aliphatic carbocycles. The summed E-state index contributed by atoms with van der Waals surface area (Å²) in [4.78, 5) is 14.9. The number of hydrogen-bond acceptors (Lipinski definition) is 6. The summed E-state index contributed by atoms with van der Waals surface area (Å²) in [6.07, 6.45) is 1.79. The van der Waals surface area contributed by atoms with Crippen LogP contribution in [0.4, 0.5) is 5.13 Å². The Morgan fingerprint density at radius 3 is 2.69 bits per heavy atom. The molecule has 1 saturated heterocycles. The summed E-state index contributed by atoms with van der Waals surface area (Å²) in [6.45, 7) is 7.24. The Kier molecular flexibility index (Phi) is 7.05. The zero-order chi connectivity index (χ0) is 18.4. The molecular formula is C19H26N4OS2. The fourth-order valence-electron chi connectivity index (χ4n) is 2.96. The average molecular weight is 391 g/mol. The Morgan fingerprint density at radius 1 is 1.27 bits per heavy atom. The zero-order valence-electron chi connectivity index (χ0n) is 15.4. The smallest absolute Gasteiger partial charge is 0.229 e. The molecule has 1 fully saturated rings. The maximum atomic E-state index is 12.5. The highest BCUT2D eigenvalue weighted by Gasteiger charge is 2.25. The van der Waals surface area contributed by atoms with E-state index in [9.17, 15) is 4.79 Å². The molecule has 0 unspecified atom stereocenters. The standard InChI is InChI=1S/C19H26N4OS2/c1-14(2)13-25-19-22-21-18(26-19)20-17(24)16-8-10-23(11-9-16)12-15-6-4-3-5-7-15/h3-7,14,16H,8-13H2,1-2H3,(H,20,21,24). The summed E-state index contributed by atoms with van der Waals surface area (Å²) in [5, 5.41) is 11.8. The van der Waals surface area contributed by atoms with Crippen LogP contribution in [0.5, 0.6) is 0 Å².